The number of nitriles is 2. The van der Waals surface area contributed by atoms with Crippen LogP contribution in [-0.2, 0) is 62.1 Å². The minimum atomic E-state index is -0.891. The highest BCUT2D eigenvalue weighted by atomic mass is 16.5. The molecule has 6 aliphatic heterocycles. The zero-order valence-electron chi connectivity index (χ0n) is 43.6. The third-order valence-electron chi connectivity index (χ3n) is 16.4. The molecule has 388 valence electrons. The number of nitrogens with one attached hydrogen (secondary N) is 1. The maximum Gasteiger partial charge on any atom is 0.226 e. The molecule has 0 radical (unpaired) electrons. The summed E-state index contributed by atoms with van der Waals surface area (Å²) >= 11 is 0. The third-order valence-corrected chi connectivity index (χ3v) is 16.4. The van der Waals surface area contributed by atoms with Crippen LogP contribution in [-0.4, -0.2) is 169 Å². The van der Waals surface area contributed by atoms with Gasteiger partial charge in [-0.05, 0) is 73.2 Å². The van der Waals surface area contributed by atoms with Crippen LogP contribution >= 0.6 is 0 Å². The number of carbonyl (C=O) groups excluding carboxylic acids is 9. The molecule has 6 heterocycles. The second-order valence-electron chi connectivity index (χ2n) is 19.9. The Morgan fingerprint density at radius 1 is 0.560 bits per heavy atom. The van der Waals surface area contributed by atoms with Crippen LogP contribution in [0.15, 0.2) is 113 Å². The summed E-state index contributed by atoms with van der Waals surface area (Å²) in [6, 6.07) is -0.674. The number of hydrogen-bond donors (Lipinski definition) is 1. The molecule has 1 N–H and O–H groups in total. The quantitative estimate of drug-likeness (QED) is 0.358. The SMILES string of the molecule is CC[C@H]1C2=C(C=C3[C@H]4C5=C(C[C@@H]([C@H](C#N)N31)N4C)C(=O)C(C)=C(OC)C5=O)C(=O)C(C)=C(OC)C2=O.COC1=C(C)C(=O)C2=C(C1=O)[C@@H]1C3=CC4=C(C(=O)C(OC)=C(C)C4=O)[C@H](CNC(C)=O)N3[C@@H](C#N)[C@H](C2)N1C. The number of Topliss-reactive ketones (excluding diaryl/α,β-unsaturated/α-hetero) is 8. The van der Waals surface area contributed by atoms with Gasteiger partial charge in [0.25, 0.3) is 0 Å². The Balaban J connectivity index is 0.000000184. The molecule has 20 nitrogen and oxygen atoms in total. The van der Waals surface area contributed by atoms with Crippen molar-refractivity contribution < 1.29 is 62.1 Å². The van der Waals surface area contributed by atoms with E-state index in [4.69, 9.17) is 18.9 Å². The largest absolute Gasteiger partial charge is 0.492 e. The van der Waals surface area contributed by atoms with Gasteiger partial charge in [0.1, 0.15) is 12.1 Å². The van der Waals surface area contributed by atoms with Crippen LogP contribution in [0.5, 0.6) is 0 Å². The fourth-order valence-corrected chi connectivity index (χ4v) is 13.0. The molecule has 4 aliphatic carbocycles. The molecule has 8 atom stereocenters. The van der Waals surface area contributed by atoms with Crippen LogP contribution in [0.2, 0.25) is 0 Å². The van der Waals surface area contributed by atoms with E-state index in [0.29, 0.717) is 40.1 Å². The van der Waals surface area contributed by atoms with E-state index in [1.807, 2.05) is 28.7 Å². The predicted molar refractivity (Wildman–Crippen MR) is 262 cm³/mol. The van der Waals surface area contributed by atoms with Gasteiger partial charge in [-0.25, -0.2) is 0 Å². The Bertz CT molecular complexity index is 3280. The number of fused-ring (bicyclic) bond motifs is 10. The number of amides is 1. The number of likely N-dealkylation sites (N-methyl/N-ethyl adjacent to an activating group) is 2. The lowest BCUT2D eigenvalue weighted by molar-refractivity contribution is -0.121. The van der Waals surface area contributed by atoms with Crippen LogP contribution < -0.4 is 5.32 Å². The Hall–Kier alpha value is -8.07. The number of rotatable bonds is 7. The van der Waals surface area contributed by atoms with Crippen molar-refractivity contribution in [3.05, 3.63) is 113 Å². The first kappa shape index (κ1) is 51.8. The van der Waals surface area contributed by atoms with E-state index in [0.717, 1.165) is 0 Å². The Labute approximate surface area is 432 Å². The summed E-state index contributed by atoms with van der Waals surface area (Å²) in [7, 11) is 8.96. The van der Waals surface area contributed by atoms with Crippen molar-refractivity contribution in [2.24, 2.45) is 0 Å². The molecule has 10 aliphatic rings. The first-order chi connectivity index (χ1) is 35.6. The highest BCUT2D eigenvalue weighted by Crippen LogP contribution is 2.51. The van der Waals surface area contributed by atoms with Crippen molar-refractivity contribution in [3.63, 3.8) is 0 Å². The molecule has 2 saturated heterocycles. The van der Waals surface area contributed by atoms with Crippen LogP contribution in [0.4, 0.5) is 0 Å². The third kappa shape index (κ3) is 7.09. The average molecular weight is 1020 g/mol. The number of methoxy groups -OCH3 is 4. The molecular formula is C55H55N7O13. The standard InChI is InChI=1S/C28H28N4O7.C27H27N3O6/c1-11-23(34)14-8-17-22-21-15(24(35)12(2)28(39-6)26(21)37)7-16(31(22)4)18(9-29)32(17)19(10-30-13(3)33)20(14)25(36)27(11)38-5;1-7-15-19-13(22(31)11(2)26(35-5)24(19)33)9-17-21-20-14(23(32)12(3)27(36-6)25(20)34)8-16(29(21)4)18(10-28)30(15)17/h8,16,18-19,22H,7,10H2,1-6H3,(H,30,33);9,15-16,18,21H,7-8H2,1-6H3/t16-,18-,19-,22-;15-,16-,18-,21-/m00/s1. The number of allylic oxidation sites excluding steroid dienone is 12. The van der Waals surface area contributed by atoms with Crippen LogP contribution in [0, 0.1) is 22.7 Å². The number of carbonyl (C=O) groups is 9. The molecule has 0 saturated carbocycles. The Morgan fingerprint density at radius 3 is 1.23 bits per heavy atom. The number of ether oxygens (including phenoxy) is 4. The van der Waals surface area contributed by atoms with Crippen LogP contribution in [0.1, 0.15) is 60.8 Å². The molecule has 75 heavy (non-hydrogen) atoms. The molecule has 2 fully saturated rings. The van der Waals surface area contributed by atoms with Gasteiger partial charge < -0.3 is 34.1 Å². The summed E-state index contributed by atoms with van der Waals surface area (Å²) in [4.78, 5) is 127. The minimum absolute atomic E-state index is 0.00958. The number of nitrogens with zero attached hydrogens (tertiary/aromatic N) is 6. The lowest BCUT2D eigenvalue weighted by Crippen LogP contribution is -2.68. The smallest absolute Gasteiger partial charge is 0.226 e. The first-order valence-electron chi connectivity index (χ1n) is 24.4. The molecule has 0 aromatic rings. The highest BCUT2D eigenvalue weighted by Gasteiger charge is 2.59. The van der Waals surface area contributed by atoms with E-state index < -0.39 is 65.7 Å². The minimum Gasteiger partial charge on any atom is -0.492 e. The van der Waals surface area contributed by atoms with Crippen molar-refractivity contribution >= 4 is 52.2 Å². The lowest BCUT2D eigenvalue weighted by atomic mass is 9.70. The number of piperazine rings is 2. The summed E-state index contributed by atoms with van der Waals surface area (Å²) in [5.74, 6) is -3.45. The van der Waals surface area contributed by atoms with Crippen molar-refractivity contribution in [3.8, 4) is 12.1 Å². The van der Waals surface area contributed by atoms with Gasteiger partial charge in [-0.1, -0.05) is 6.92 Å². The maximum atomic E-state index is 13.7. The van der Waals surface area contributed by atoms with Crippen molar-refractivity contribution in [2.45, 2.75) is 109 Å². The van der Waals surface area contributed by atoms with Gasteiger partial charge in [0.05, 0.1) is 64.7 Å². The van der Waals surface area contributed by atoms with E-state index >= 15 is 0 Å². The highest BCUT2D eigenvalue weighted by molar-refractivity contribution is 6.29. The van der Waals surface area contributed by atoms with Gasteiger partial charge in [-0.15, -0.1) is 0 Å². The zero-order chi connectivity index (χ0) is 54.7. The maximum absolute atomic E-state index is 13.7. The lowest BCUT2D eigenvalue weighted by Gasteiger charge is -2.57. The molecular weight excluding hydrogens is 967 g/mol. The van der Waals surface area contributed by atoms with Gasteiger partial charge >= 0.3 is 0 Å². The number of hydrogen-bond acceptors (Lipinski definition) is 19. The summed E-state index contributed by atoms with van der Waals surface area (Å²) in [5.41, 5.74) is 3.86. The second kappa shape index (κ2) is 18.7. The molecule has 0 spiro atoms. The fourth-order valence-electron chi connectivity index (χ4n) is 13.0. The van der Waals surface area contributed by atoms with Crippen molar-refractivity contribution in [1.29, 1.82) is 10.5 Å². The molecule has 20 heteroatoms. The molecule has 0 unspecified atom stereocenters. The summed E-state index contributed by atoms with van der Waals surface area (Å²) in [6.45, 7) is 9.33. The zero-order valence-corrected chi connectivity index (χ0v) is 43.6. The van der Waals surface area contributed by atoms with E-state index in [9.17, 15) is 53.7 Å². The molecule has 4 bridgehead atoms. The summed E-state index contributed by atoms with van der Waals surface area (Å²) in [6.07, 6.45) is 3.99. The first-order valence-corrected chi connectivity index (χ1v) is 24.4. The van der Waals surface area contributed by atoms with E-state index in [-0.39, 0.29) is 122 Å². The molecule has 0 aromatic carbocycles. The van der Waals surface area contributed by atoms with Gasteiger partial charge in [-0.3, -0.25) is 53.0 Å². The predicted octanol–water partition coefficient (Wildman–Crippen LogP) is 2.09. The van der Waals surface area contributed by atoms with Gasteiger partial charge in [0, 0.05) is 104 Å². The second-order valence-corrected chi connectivity index (χ2v) is 19.9. The Morgan fingerprint density at radius 2 is 0.893 bits per heavy atom. The summed E-state index contributed by atoms with van der Waals surface area (Å²) in [5, 5.41) is 23.5. The van der Waals surface area contributed by atoms with E-state index in [1.54, 1.807) is 44.9 Å². The van der Waals surface area contributed by atoms with Gasteiger partial charge in [0.2, 0.25) is 29.0 Å². The van der Waals surface area contributed by atoms with Crippen molar-refractivity contribution in [1.82, 2.24) is 24.9 Å². The van der Waals surface area contributed by atoms with Crippen LogP contribution in [0.25, 0.3) is 0 Å². The monoisotopic (exact) mass is 1020 g/mol. The molecule has 10 rings (SSSR count). The molecule has 1 amide bonds. The van der Waals surface area contributed by atoms with Crippen molar-refractivity contribution in [2.75, 3.05) is 49.1 Å². The van der Waals surface area contributed by atoms with Gasteiger partial charge in [0.15, 0.2) is 46.2 Å². The Kier molecular flexibility index (Phi) is 12.9. The topological polar surface area (TPSA) is 263 Å². The van der Waals surface area contributed by atoms with E-state index in [2.05, 4.69) is 17.5 Å². The van der Waals surface area contributed by atoms with Gasteiger partial charge in [-0.2, -0.15) is 10.5 Å². The summed E-state index contributed by atoms with van der Waals surface area (Å²) < 4.78 is 21.2. The number of ketones is 8. The average Bonchev–Trinajstić information content (AvgIpc) is 3.39. The fraction of sp³-hybridized carbons (Fsp3) is 0.436. The molecule has 0 aromatic heterocycles. The van der Waals surface area contributed by atoms with Crippen LogP contribution in [0.3, 0.4) is 0 Å². The normalized spacial score (nSPS) is 29.4. The van der Waals surface area contributed by atoms with E-state index in [1.165, 1.54) is 42.3 Å².